The Hall–Kier alpha value is -5.57. The van der Waals surface area contributed by atoms with Crippen molar-refractivity contribution >= 4 is 54.6 Å². The van der Waals surface area contributed by atoms with Crippen LogP contribution in [0.15, 0.2) is 97.1 Å². The Morgan fingerprint density at radius 3 is 1.04 bits per heavy atom. The Kier molecular flexibility index (Phi) is 13.6. The number of nitrogens with zero attached hydrogens (tertiary/aromatic N) is 4. The molecule has 0 spiro atoms. The van der Waals surface area contributed by atoms with E-state index >= 15 is 0 Å². The van der Waals surface area contributed by atoms with Crippen LogP contribution < -0.4 is 0 Å². The quantitative estimate of drug-likeness (QED) is 0.107. The van der Waals surface area contributed by atoms with Gasteiger partial charge in [0, 0.05) is 22.2 Å². The molecule has 4 aromatic heterocycles. The van der Waals surface area contributed by atoms with Gasteiger partial charge >= 0.3 is 21.1 Å². The van der Waals surface area contributed by atoms with Gasteiger partial charge in [-0.2, -0.15) is 0 Å². The molecule has 5 heteroatoms. The molecule has 0 aliphatic carbocycles. The van der Waals surface area contributed by atoms with Gasteiger partial charge in [0.1, 0.15) is 0 Å². The van der Waals surface area contributed by atoms with Crippen molar-refractivity contribution in [1.29, 1.82) is 0 Å². The maximum atomic E-state index is 5.82. The molecule has 0 aliphatic heterocycles. The van der Waals surface area contributed by atoms with Gasteiger partial charge < -0.3 is 8.80 Å². The molecule has 4 nitrogen and oxygen atoms in total. The summed E-state index contributed by atoms with van der Waals surface area (Å²) in [5, 5.41) is 7.03. The zero-order valence-corrected chi connectivity index (χ0v) is 48.9. The van der Waals surface area contributed by atoms with Gasteiger partial charge in [0.15, 0.2) is 0 Å². The fraction of sp³-hybridized carbons (Fsp3) is 0.382. The summed E-state index contributed by atoms with van der Waals surface area (Å²) in [5.74, 6) is 0. The van der Waals surface area contributed by atoms with E-state index in [1.807, 2.05) is 0 Å². The molecule has 0 saturated heterocycles. The number of fused-ring (bicyclic) bond motifs is 12. The standard InChI is InChI=1S/C68H76N4.Pt/c1-41-23-21-24-42(2)59(41)61-55(69-63-51-29-19-17-27-49(51)53-33-45(37-65(5,6)7)47(39-67(11,12)13)35-57(53)71(61)63)31-32-56-62(60-43(3)25-22-26-44(60)4)72-58-36-48(40-68(14,15)16)46(38-66(8,9)10)34-54(58)50-28-18-20-30-52(50)64(72)70-56;/h17-28,33-36H,31-32,37-40H2,1-16H3;/q-2;+2. The summed E-state index contributed by atoms with van der Waals surface area (Å²) in [6, 6.07) is 44.0. The van der Waals surface area contributed by atoms with Gasteiger partial charge in [-0.15, -0.1) is 59.3 Å². The molecule has 378 valence electrons. The van der Waals surface area contributed by atoms with E-state index in [4.69, 9.17) is 9.97 Å². The van der Waals surface area contributed by atoms with Crippen molar-refractivity contribution in [3.8, 4) is 22.5 Å². The predicted molar refractivity (Wildman–Crippen MR) is 308 cm³/mol. The summed E-state index contributed by atoms with van der Waals surface area (Å²) >= 11 is 0. The maximum Gasteiger partial charge on any atom is 2.00 e. The van der Waals surface area contributed by atoms with Crippen LogP contribution in [0.25, 0.3) is 77.2 Å². The fourth-order valence-electron chi connectivity index (χ4n) is 12.0. The summed E-state index contributed by atoms with van der Waals surface area (Å²) in [7, 11) is 0. The average Bonchev–Trinajstić information content (AvgIpc) is 3.84. The normalized spacial score (nSPS) is 12.9. The number of hydrogen-bond donors (Lipinski definition) is 0. The van der Waals surface area contributed by atoms with E-state index in [-0.39, 0.29) is 42.7 Å². The summed E-state index contributed by atoms with van der Waals surface area (Å²) in [6.45, 7) is 37.4. The smallest absolute Gasteiger partial charge is 0.333 e. The van der Waals surface area contributed by atoms with Crippen LogP contribution in [0, 0.1) is 61.5 Å². The van der Waals surface area contributed by atoms with Crippen molar-refractivity contribution in [2.45, 2.75) is 149 Å². The number of imidazole rings is 2. The summed E-state index contributed by atoms with van der Waals surface area (Å²) in [6.07, 6.45) is 5.38. The molecule has 4 heterocycles. The molecule has 0 saturated carbocycles. The molecule has 0 fully saturated rings. The second-order valence-electron chi connectivity index (χ2n) is 26.3. The van der Waals surface area contributed by atoms with Crippen LogP contribution in [0.1, 0.15) is 139 Å². The van der Waals surface area contributed by atoms with Crippen LogP contribution in [0.4, 0.5) is 0 Å². The molecule has 73 heavy (non-hydrogen) atoms. The van der Waals surface area contributed by atoms with E-state index < -0.39 is 0 Å². The van der Waals surface area contributed by atoms with Gasteiger partial charge in [-0.25, -0.2) is 0 Å². The minimum atomic E-state index is 0. The summed E-state index contributed by atoms with van der Waals surface area (Å²) < 4.78 is 5.04. The third-order valence-electron chi connectivity index (χ3n) is 14.7. The number of aryl methyl sites for hydroxylation is 6. The minimum absolute atomic E-state index is 0. The van der Waals surface area contributed by atoms with E-state index in [1.54, 1.807) is 0 Å². The molecule has 0 N–H and O–H groups in total. The third-order valence-corrected chi connectivity index (χ3v) is 14.7. The van der Waals surface area contributed by atoms with Crippen LogP contribution in [-0.2, 0) is 59.6 Å². The Balaban J connectivity index is 0.00000656. The Bertz CT molecular complexity index is 3490. The first kappa shape index (κ1) is 52.3. The van der Waals surface area contributed by atoms with E-state index in [2.05, 4.69) is 229 Å². The van der Waals surface area contributed by atoms with Crippen molar-refractivity contribution < 1.29 is 21.1 Å². The summed E-state index contributed by atoms with van der Waals surface area (Å²) in [5.41, 5.74) is 22.5. The van der Waals surface area contributed by atoms with E-state index in [1.165, 1.54) is 99.6 Å². The molecule has 0 aliphatic rings. The number of benzene rings is 6. The Morgan fingerprint density at radius 1 is 0.411 bits per heavy atom. The van der Waals surface area contributed by atoms with Crippen molar-refractivity contribution in [3.05, 3.63) is 165 Å². The molecule has 6 aromatic carbocycles. The van der Waals surface area contributed by atoms with Crippen LogP contribution in [0.3, 0.4) is 0 Å². The number of aromatic nitrogens is 4. The zero-order chi connectivity index (χ0) is 51.4. The Morgan fingerprint density at radius 2 is 0.726 bits per heavy atom. The van der Waals surface area contributed by atoms with E-state index in [9.17, 15) is 0 Å². The monoisotopic (exact) mass is 1140 g/mol. The molecule has 0 unspecified atom stereocenters. The topological polar surface area (TPSA) is 34.6 Å². The number of pyridine rings is 2. The fourth-order valence-corrected chi connectivity index (χ4v) is 12.0. The van der Waals surface area contributed by atoms with Crippen LogP contribution in [-0.4, -0.2) is 18.8 Å². The van der Waals surface area contributed by atoms with Gasteiger partial charge in [0.2, 0.25) is 0 Å². The second kappa shape index (κ2) is 19.0. The van der Waals surface area contributed by atoms with E-state index in [0.717, 1.165) is 59.1 Å². The second-order valence-corrected chi connectivity index (χ2v) is 26.3. The molecule has 0 amide bonds. The molecule has 0 bridgehead atoms. The first-order valence-corrected chi connectivity index (χ1v) is 26.6. The maximum absolute atomic E-state index is 5.82. The zero-order valence-electron chi connectivity index (χ0n) is 46.6. The SMILES string of the molecule is Cc1cccc(C)c1-c1c(CCc2nc3c4[c-]cccc4c4cc(CC(C)(C)C)c(CC(C)(C)C)cc4n3c2-c2c(C)cccc2C)nc2c3[c-]cccc3c3cc(CC(C)(C)C)c(CC(C)(C)C)cc3n12.[Pt+2]. The van der Waals surface area contributed by atoms with Crippen molar-refractivity contribution in [1.82, 2.24) is 18.8 Å². The van der Waals surface area contributed by atoms with Crippen molar-refractivity contribution in [2.24, 2.45) is 21.7 Å². The van der Waals surface area contributed by atoms with Crippen molar-refractivity contribution in [3.63, 3.8) is 0 Å². The van der Waals surface area contributed by atoms with E-state index in [0.29, 0.717) is 12.8 Å². The van der Waals surface area contributed by atoms with Crippen LogP contribution >= 0.6 is 0 Å². The van der Waals surface area contributed by atoms with Gasteiger partial charge in [-0.05, 0) is 155 Å². The Labute approximate surface area is 450 Å². The summed E-state index contributed by atoms with van der Waals surface area (Å²) in [4.78, 5) is 11.6. The number of rotatable bonds is 9. The van der Waals surface area contributed by atoms with Gasteiger partial charge in [-0.1, -0.05) is 142 Å². The number of hydrogen-bond acceptors (Lipinski definition) is 2. The molecule has 10 rings (SSSR count). The van der Waals surface area contributed by atoms with Crippen molar-refractivity contribution in [2.75, 3.05) is 0 Å². The third kappa shape index (κ3) is 10.1. The molecular formula is C68H76N4Pt. The first-order valence-electron chi connectivity index (χ1n) is 26.6. The molecule has 0 radical (unpaired) electrons. The predicted octanol–water partition coefficient (Wildman–Crippen LogP) is 17.9. The van der Waals surface area contributed by atoms with Gasteiger partial charge in [-0.3, -0.25) is 9.97 Å². The molecule has 10 aromatic rings. The largest absolute Gasteiger partial charge is 2.00 e. The molecular weight excluding hydrogens is 1070 g/mol. The van der Waals surface area contributed by atoms with Crippen LogP contribution in [0.5, 0.6) is 0 Å². The van der Waals surface area contributed by atoms with Gasteiger partial charge in [0.25, 0.3) is 0 Å². The molecule has 0 atom stereocenters. The average molecular weight is 1140 g/mol. The minimum Gasteiger partial charge on any atom is -0.333 e. The first-order chi connectivity index (χ1) is 33.8. The van der Waals surface area contributed by atoms with Gasteiger partial charge in [0.05, 0.1) is 34.1 Å². The van der Waals surface area contributed by atoms with Crippen LogP contribution in [0.2, 0.25) is 0 Å².